The first-order valence-corrected chi connectivity index (χ1v) is 5.78. The normalized spacial score (nSPS) is 29.0. The molecule has 4 nitrogen and oxygen atoms in total. The highest BCUT2D eigenvalue weighted by atomic mass is 15.4. The first-order chi connectivity index (χ1) is 7.18. The van der Waals surface area contributed by atoms with E-state index in [1.807, 2.05) is 7.05 Å². The number of rotatable bonds is 2. The lowest BCUT2D eigenvalue weighted by atomic mass is 9.79. The molecule has 0 radical (unpaired) electrons. The molecule has 0 aromatic carbocycles. The Morgan fingerprint density at radius 1 is 1.40 bits per heavy atom. The summed E-state index contributed by atoms with van der Waals surface area (Å²) in [4.78, 5) is 0. The summed E-state index contributed by atoms with van der Waals surface area (Å²) in [6.07, 6.45) is 6.90. The smallest absolute Gasteiger partial charge is 0.0753 e. The maximum absolute atomic E-state index is 6.26. The Kier molecular flexibility index (Phi) is 3.05. The van der Waals surface area contributed by atoms with Crippen LogP contribution in [0.5, 0.6) is 0 Å². The van der Waals surface area contributed by atoms with Crippen molar-refractivity contribution in [3.05, 3.63) is 11.9 Å². The van der Waals surface area contributed by atoms with Crippen LogP contribution in [0.25, 0.3) is 0 Å². The molecule has 1 fully saturated rings. The van der Waals surface area contributed by atoms with Crippen LogP contribution in [0.1, 0.15) is 44.3 Å². The molecule has 2 rings (SSSR count). The monoisotopic (exact) mass is 208 g/mol. The molecule has 0 saturated heterocycles. The average molecular weight is 208 g/mol. The second-order valence-corrected chi connectivity index (χ2v) is 4.83. The third-order valence-corrected chi connectivity index (χ3v) is 3.66. The number of aryl methyl sites for hydroxylation is 1. The highest BCUT2D eigenvalue weighted by molar-refractivity contribution is 5.03. The van der Waals surface area contributed by atoms with Gasteiger partial charge in [-0.3, -0.25) is 4.68 Å². The van der Waals surface area contributed by atoms with Crippen molar-refractivity contribution in [2.75, 3.05) is 0 Å². The molecule has 84 valence electrons. The summed E-state index contributed by atoms with van der Waals surface area (Å²) in [5.74, 6) is 1.48. The van der Waals surface area contributed by atoms with Crippen LogP contribution < -0.4 is 5.73 Å². The van der Waals surface area contributed by atoms with Gasteiger partial charge in [-0.25, -0.2) is 0 Å². The van der Waals surface area contributed by atoms with Gasteiger partial charge >= 0.3 is 0 Å². The molecule has 1 aromatic rings. The molecule has 1 aliphatic rings. The van der Waals surface area contributed by atoms with Crippen molar-refractivity contribution in [2.45, 2.75) is 38.6 Å². The first kappa shape index (κ1) is 10.6. The number of aromatic nitrogens is 3. The van der Waals surface area contributed by atoms with Gasteiger partial charge in [0.15, 0.2) is 0 Å². The maximum Gasteiger partial charge on any atom is 0.0753 e. The van der Waals surface area contributed by atoms with Crippen molar-refractivity contribution in [3.63, 3.8) is 0 Å². The summed E-state index contributed by atoms with van der Waals surface area (Å²) >= 11 is 0. The zero-order valence-electron chi connectivity index (χ0n) is 9.56. The minimum atomic E-state index is 0.109. The largest absolute Gasteiger partial charge is 0.322 e. The highest BCUT2D eigenvalue weighted by Gasteiger charge is 2.26. The Labute approximate surface area is 90.8 Å². The second-order valence-electron chi connectivity index (χ2n) is 4.83. The van der Waals surface area contributed by atoms with Gasteiger partial charge in [-0.1, -0.05) is 25.0 Å². The number of hydrogen-bond donors (Lipinski definition) is 1. The van der Waals surface area contributed by atoms with Crippen molar-refractivity contribution < 1.29 is 0 Å². The summed E-state index contributed by atoms with van der Waals surface area (Å²) in [6.45, 7) is 2.33. The van der Waals surface area contributed by atoms with E-state index < -0.39 is 0 Å². The molecule has 1 aromatic heterocycles. The zero-order chi connectivity index (χ0) is 10.8. The van der Waals surface area contributed by atoms with Crippen molar-refractivity contribution in [2.24, 2.45) is 24.6 Å². The predicted octanol–water partition coefficient (Wildman–Crippen LogP) is 1.64. The highest BCUT2D eigenvalue weighted by Crippen LogP contribution is 2.34. The number of hydrogen-bond acceptors (Lipinski definition) is 3. The molecule has 1 unspecified atom stereocenters. The van der Waals surface area contributed by atoms with E-state index in [2.05, 4.69) is 17.2 Å². The zero-order valence-corrected chi connectivity index (χ0v) is 9.56. The van der Waals surface area contributed by atoms with E-state index in [0.29, 0.717) is 5.92 Å². The van der Waals surface area contributed by atoms with Gasteiger partial charge in [0.1, 0.15) is 0 Å². The summed E-state index contributed by atoms with van der Waals surface area (Å²) in [5, 5.41) is 7.82. The van der Waals surface area contributed by atoms with Crippen LogP contribution in [-0.2, 0) is 7.05 Å². The van der Waals surface area contributed by atoms with E-state index in [0.717, 1.165) is 11.6 Å². The number of nitrogens with zero attached hydrogens (tertiary/aromatic N) is 3. The lowest BCUT2D eigenvalue weighted by Gasteiger charge is -2.30. The fraction of sp³-hybridized carbons (Fsp3) is 0.818. The van der Waals surface area contributed by atoms with Crippen LogP contribution >= 0.6 is 0 Å². The molecule has 1 aliphatic carbocycles. The van der Waals surface area contributed by atoms with Crippen LogP contribution in [0.3, 0.4) is 0 Å². The van der Waals surface area contributed by atoms with Gasteiger partial charge in [0.25, 0.3) is 0 Å². The lowest BCUT2D eigenvalue weighted by Crippen LogP contribution is -2.27. The third-order valence-electron chi connectivity index (χ3n) is 3.66. The average Bonchev–Trinajstić information content (AvgIpc) is 2.65. The van der Waals surface area contributed by atoms with Gasteiger partial charge in [0.05, 0.1) is 17.9 Å². The van der Waals surface area contributed by atoms with Crippen LogP contribution in [0, 0.1) is 11.8 Å². The fourth-order valence-electron chi connectivity index (χ4n) is 2.49. The molecule has 0 bridgehead atoms. The Hall–Kier alpha value is -0.900. The molecular weight excluding hydrogens is 188 g/mol. The molecule has 0 spiro atoms. The molecule has 1 atom stereocenters. The minimum Gasteiger partial charge on any atom is -0.322 e. The standard InChI is InChI=1S/C11H20N4/c1-8-3-5-9(6-4-8)11(12)10-7-13-14-15(10)2/h7-9,11H,3-6,12H2,1-2H3. The Morgan fingerprint density at radius 2 is 2.07 bits per heavy atom. The second kappa shape index (κ2) is 4.31. The van der Waals surface area contributed by atoms with Gasteiger partial charge in [-0.05, 0) is 24.7 Å². The molecular formula is C11H20N4. The van der Waals surface area contributed by atoms with Crippen molar-refractivity contribution in [1.82, 2.24) is 15.0 Å². The molecule has 4 heteroatoms. The van der Waals surface area contributed by atoms with Gasteiger partial charge in [0, 0.05) is 7.05 Å². The lowest BCUT2D eigenvalue weighted by molar-refractivity contribution is 0.251. The summed E-state index contributed by atoms with van der Waals surface area (Å²) in [5.41, 5.74) is 7.32. The van der Waals surface area contributed by atoms with Gasteiger partial charge < -0.3 is 5.73 Å². The summed E-state index contributed by atoms with van der Waals surface area (Å²) in [7, 11) is 1.91. The Morgan fingerprint density at radius 3 is 2.60 bits per heavy atom. The van der Waals surface area contributed by atoms with Crippen LogP contribution in [0.4, 0.5) is 0 Å². The fourth-order valence-corrected chi connectivity index (χ4v) is 2.49. The quantitative estimate of drug-likeness (QED) is 0.803. The van der Waals surface area contributed by atoms with Crippen LogP contribution in [-0.4, -0.2) is 15.0 Å². The van der Waals surface area contributed by atoms with Crippen LogP contribution in [0.15, 0.2) is 6.20 Å². The van der Waals surface area contributed by atoms with Gasteiger partial charge in [-0.2, -0.15) is 0 Å². The van der Waals surface area contributed by atoms with E-state index in [-0.39, 0.29) is 6.04 Å². The molecule has 15 heavy (non-hydrogen) atoms. The van der Waals surface area contributed by atoms with Gasteiger partial charge in [-0.15, -0.1) is 5.10 Å². The Balaban J connectivity index is 2.02. The first-order valence-electron chi connectivity index (χ1n) is 5.78. The van der Waals surface area contributed by atoms with E-state index in [4.69, 9.17) is 5.73 Å². The number of nitrogens with two attached hydrogens (primary N) is 1. The SMILES string of the molecule is CC1CCC(C(N)c2cnnn2C)CC1. The van der Waals surface area contributed by atoms with Crippen LogP contribution in [0.2, 0.25) is 0 Å². The summed E-state index contributed by atoms with van der Waals surface area (Å²) < 4.78 is 1.79. The van der Waals surface area contributed by atoms with E-state index in [1.165, 1.54) is 25.7 Å². The van der Waals surface area contributed by atoms with E-state index >= 15 is 0 Å². The van der Waals surface area contributed by atoms with E-state index in [1.54, 1.807) is 10.9 Å². The van der Waals surface area contributed by atoms with Crippen molar-refractivity contribution in [3.8, 4) is 0 Å². The third kappa shape index (κ3) is 2.20. The van der Waals surface area contributed by atoms with Gasteiger partial charge in [0.2, 0.25) is 0 Å². The van der Waals surface area contributed by atoms with E-state index in [9.17, 15) is 0 Å². The maximum atomic E-state index is 6.26. The molecule has 1 heterocycles. The van der Waals surface area contributed by atoms with Crippen molar-refractivity contribution in [1.29, 1.82) is 0 Å². The molecule has 0 aliphatic heterocycles. The molecule has 0 amide bonds. The van der Waals surface area contributed by atoms with Crippen molar-refractivity contribution >= 4 is 0 Å². The topological polar surface area (TPSA) is 56.7 Å². The molecule has 2 N–H and O–H groups in total. The summed E-state index contributed by atoms with van der Waals surface area (Å²) in [6, 6.07) is 0.109. The Bertz CT molecular complexity index is 312. The minimum absolute atomic E-state index is 0.109. The molecule has 1 saturated carbocycles. The predicted molar refractivity (Wildman–Crippen MR) is 59.1 cm³/mol.